The third-order valence-corrected chi connectivity index (χ3v) is 3.03. The molecule has 0 aliphatic rings. The van der Waals surface area contributed by atoms with Crippen molar-refractivity contribution in [2.24, 2.45) is 0 Å². The van der Waals surface area contributed by atoms with Gasteiger partial charge < -0.3 is 15.0 Å². The van der Waals surface area contributed by atoms with Crippen LogP contribution in [0.5, 0.6) is 5.75 Å². The van der Waals surface area contributed by atoms with Gasteiger partial charge in [-0.3, -0.25) is 0 Å². The van der Waals surface area contributed by atoms with Crippen LogP contribution < -0.4 is 10.1 Å². The Hall–Kier alpha value is -1.06. The predicted octanol–water partition coefficient (Wildman–Crippen LogP) is 2.56. The molecule has 19 heavy (non-hydrogen) atoms. The van der Waals surface area contributed by atoms with Crippen LogP contribution in [0.25, 0.3) is 0 Å². The maximum Gasteiger partial charge on any atom is 0.119 e. The topological polar surface area (TPSA) is 24.5 Å². The van der Waals surface area contributed by atoms with Crippen LogP contribution >= 0.6 is 0 Å². The Bertz CT molecular complexity index is 322. The summed E-state index contributed by atoms with van der Waals surface area (Å²) in [5.41, 5.74) is 1.40. The van der Waals surface area contributed by atoms with Crippen molar-refractivity contribution in [1.82, 2.24) is 10.2 Å². The van der Waals surface area contributed by atoms with Crippen LogP contribution in [-0.4, -0.2) is 45.2 Å². The van der Waals surface area contributed by atoms with E-state index in [1.54, 1.807) is 0 Å². The van der Waals surface area contributed by atoms with Gasteiger partial charge in [0.15, 0.2) is 0 Å². The van der Waals surface area contributed by atoms with Crippen molar-refractivity contribution in [2.75, 3.05) is 40.3 Å². The van der Waals surface area contributed by atoms with Crippen molar-refractivity contribution in [1.29, 1.82) is 0 Å². The van der Waals surface area contributed by atoms with Gasteiger partial charge in [-0.25, -0.2) is 0 Å². The van der Waals surface area contributed by atoms with E-state index >= 15 is 0 Å². The monoisotopic (exact) mass is 264 g/mol. The first-order chi connectivity index (χ1) is 9.22. The van der Waals surface area contributed by atoms with Crippen LogP contribution in [0.3, 0.4) is 0 Å². The highest BCUT2D eigenvalue weighted by Crippen LogP contribution is 2.13. The van der Waals surface area contributed by atoms with E-state index < -0.39 is 0 Å². The second-order valence-corrected chi connectivity index (χ2v) is 5.15. The van der Waals surface area contributed by atoms with E-state index in [4.69, 9.17) is 4.74 Å². The van der Waals surface area contributed by atoms with E-state index in [-0.39, 0.29) is 0 Å². The molecule has 108 valence electrons. The van der Waals surface area contributed by atoms with Crippen molar-refractivity contribution in [3.05, 3.63) is 29.8 Å². The molecule has 0 aromatic heterocycles. The summed E-state index contributed by atoms with van der Waals surface area (Å²) < 4.78 is 5.70. The highest BCUT2D eigenvalue weighted by molar-refractivity contribution is 5.27. The summed E-state index contributed by atoms with van der Waals surface area (Å²) in [6, 6.07) is 8.49. The molecule has 0 saturated heterocycles. The smallest absolute Gasteiger partial charge is 0.119 e. The lowest BCUT2D eigenvalue weighted by atomic mass is 10.1. The summed E-state index contributed by atoms with van der Waals surface area (Å²) in [5, 5.41) is 3.36. The van der Waals surface area contributed by atoms with Gasteiger partial charge >= 0.3 is 0 Å². The normalized spacial score (nSPS) is 10.9. The fraction of sp³-hybridized carbons (Fsp3) is 0.625. The molecule has 1 aromatic carbocycles. The van der Waals surface area contributed by atoms with Crippen LogP contribution in [-0.2, 0) is 6.42 Å². The summed E-state index contributed by atoms with van der Waals surface area (Å²) in [4.78, 5) is 2.17. The summed E-state index contributed by atoms with van der Waals surface area (Å²) in [7, 11) is 4.16. The van der Waals surface area contributed by atoms with E-state index in [0.29, 0.717) is 0 Å². The molecule has 3 nitrogen and oxygen atoms in total. The maximum atomic E-state index is 5.70. The Kier molecular flexibility index (Phi) is 8.26. The molecule has 0 spiro atoms. The zero-order valence-corrected chi connectivity index (χ0v) is 12.6. The van der Waals surface area contributed by atoms with Gasteiger partial charge in [-0.05, 0) is 44.6 Å². The molecule has 0 atom stereocenters. The van der Waals surface area contributed by atoms with Crippen LogP contribution in [0.4, 0.5) is 0 Å². The van der Waals surface area contributed by atoms with Gasteiger partial charge in [0.05, 0.1) is 0 Å². The molecule has 0 heterocycles. The van der Waals surface area contributed by atoms with Gasteiger partial charge in [-0.1, -0.05) is 25.5 Å². The first kappa shape index (κ1) is 16.0. The lowest BCUT2D eigenvalue weighted by Gasteiger charge is -2.11. The molecule has 0 amide bonds. The van der Waals surface area contributed by atoms with Crippen molar-refractivity contribution in [3.63, 3.8) is 0 Å². The Morgan fingerprint density at radius 1 is 1.11 bits per heavy atom. The number of hydrogen-bond acceptors (Lipinski definition) is 3. The van der Waals surface area contributed by atoms with Crippen molar-refractivity contribution >= 4 is 0 Å². The van der Waals surface area contributed by atoms with Gasteiger partial charge in [-0.15, -0.1) is 0 Å². The summed E-state index contributed by atoms with van der Waals surface area (Å²) in [6.45, 7) is 5.91. The van der Waals surface area contributed by atoms with Gasteiger partial charge in [0.1, 0.15) is 12.4 Å². The lowest BCUT2D eigenvalue weighted by molar-refractivity contribution is 0.308. The Morgan fingerprint density at radius 3 is 2.47 bits per heavy atom. The fourth-order valence-electron chi connectivity index (χ4n) is 1.80. The molecular weight excluding hydrogens is 236 g/mol. The summed E-state index contributed by atoms with van der Waals surface area (Å²) in [6.07, 6.45) is 3.68. The van der Waals surface area contributed by atoms with E-state index in [2.05, 4.69) is 55.5 Å². The van der Waals surface area contributed by atoms with Crippen LogP contribution in [0.2, 0.25) is 0 Å². The molecule has 3 heteroatoms. The summed E-state index contributed by atoms with van der Waals surface area (Å²) in [5.74, 6) is 0.967. The van der Waals surface area contributed by atoms with Crippen molar-refractivity contribution in [2.45, 2.75) is 26.2 Å². The zero-order chi connectivity index (χ0) is 13.9. The third kappa shape index (κ3) is 7.85. The highest BCUT2D eigenvalue weighted by Gasteiger charge is 1.96. The molecular formula is C16H28N2O. The number of nitrogens with zero attached hydrogens (tertiary/aromatic N) is 1. The average Bonchev–Trinajstić information content (AvgIpc) is 2.41. The maximum absolute atomic E-state index is 5.70. The molecule has 0 saturated carbocycles. The molecule has 0 aliphatic carbocycles. The Labute approximate surface area is 118 Å². The molecule has 0 unspecified atom stereocenters. The molecule has 0 fully saturated rings. The number of likely N-dealkylation sites (N-methyl/N-ethyl adjacent to an activating group) is 1. The number of unbranched alkanes of at least 4 members (excludes halogenated alkanes) is 1. The second-order valence-electron chi connectivity index (χ2n) is 5.15. The van der Waals surface area contributed by atoms with Crippen LogP contribution in [0, 0.1) is 0 Å². The van der Waals surface area contributed by atoms with Gasteiger partial charge in [0, 0.05) is 19.6 Å². The van der Waals surface area contributed by atoms with Crippen molar-refractivity contribution < 1.29 is 4.74 Å². The molecule has 0 aliphatic heterocycles. The zero-order valence-electron chi connectivity index (χ0n) is 12.6. The van der Waals surface area contributed by atoms with E-state index in [1.165, 1.54) is 24.8 Å². The number of ether oxygens (including phenoxy) is 1. The Balaban J connectivity index is 2.12. The first-order valence-corrected chi connectivity index (χ1v) is 7.29. The van der Waals surface area contributed by atoms with E-state index in [9.17, 15) is 0 Å². The number of nitrogens with one attached hydrogen (secondary N) is 1. The van der Waals surface area contributed by atoms with E-state index in [1.807, 2.05) is 0 Å². The Morgan fingerprint density at radius 2 is 1.84 bits per heavy atom. The molecule has 1 aromatic rings. The minimum Gasteiger partial charge on any atom is -0.492 e. The summed E-state index contributed by atoms with van der Waals surface area (Å²) >= 11 is 0. The number of rotatable bonds is 10. The highest BCUT2D eigenvalue weighted by atomic mass is 16.5. The molecule has 0 bridgehead atoms. The fourth-order valence-corrected chi connectivity index (χ4v) is 1.80. The van der Waals surface area contributed by atoms with Gasteiger partial charge in [-0.2, -0.15) is 0 Å². The SMILES string of the molecule is CCCCc1ccc(OCCNCCN(C)C)cc1. The second kappa shape index (κ2) is 9.82. The quantitative estimate of drug-likeness (QED) is 0.657. The largest absolute Gasteiger partial charge is 0.492 e. The number of benzene rings is 1. The number of aryl methyl sites for hydroxylation is 1. The minimum absolute atomic E-state index is 0.724. The standard InChI is InChI=1S/C16H28N2O/c1-4-5-6-15-7-9-16(10-8-15)19-14-12-17-11-13-18(2)3/h7-10,17H,4-6,11-14H2,1-3H3. The molecule has 0 radical (unpaired) electrons. The number of hydrogen-bond donors (Lipinski definition) is 1. The lowest BCUT2D eigenvalue weighted by Crippen LogP contribution is -2.29. The van der Waals surface area contributed by atoms with Gasteiger partial charge in [0.2, 0.25) is 0 Å². The molecule has 1 N–H and O–H groups in total. The van der Waals surface area contributed by atoms with Crippen LogP contribution in [0.1, 0.15) is 25.3 Å². The van der Waals surface area contributed by atoms with E-state index in [0.717, 1.165) is 32.0 Å². The predicted molar refractivity (Wildman–Crippen MR) is 82.0 cm³/mol. The first-order valence-electron chi connectivity index (χ1n) is 7.29. The van der Waals surface area contributed by atoms with Crippen LogP contribution in [0.15, 0.2) is 24.3 Å². The van der Waals surface area contributed by atoms with Crippen molar-refractivity contribution in [3.8, 4) is 5.75 Å². The molecule has 1 rings (SSSR count). The minimum atomic E-state index is 0.724. The third-order valence-electron chi connectivity index (χ3n) is 3.03. The van der Waals surface area contributed by atoms with Gasteiger partial charge in [0.25, 0.3) is 0 Å². The average molecular weight is 264 g/mol.